The van der Waals surface area contributed by atoms with Gasteiger partial charge in [-0.25, -0.2) is 8.78 Å². The van der Waals surface area contributed by atoms with E-state index < -0.39 is 11.8 Å². The predicted octanol–water partition coefficient (Wildman–Crippen LogP) is 3.12. The van der Waals surface area contributed by atoms with Crippen molar-refractivity contribution < 1.29 is 8.78 Å². The third-order valence-corrected chi connectivity index (χ3v) is 2.31. The summed E-state index contributed by atoms with van der Waals surface area (Å²) in [5.41, 5.74) is 1.88. The Hall–Kier alpha value is -0.920. The Kier molecular flexibility index (Phi) is 1.47. The maximum absolute atomic E-state index is 12.6. The highest BCUT2D eigenvalue weighted by Gasteiger charge is 2.57. The second kappa shape index (κ2) is 2.28. The quantitative estimate of drug-likeness (QED) is 0.604. The average Bonchev–Trinajstić information content (AvgIpc) is 2.61. The van der Waals surface area contributed by atoms with Gasteiger partial charge in [-0.15, -0.1) is 0 Å². The summed E-state index contributed by atoms with van der Waals surface area (Å²) >= 11 is 0. The van der Waals surface area contributed by atoms with Gasteiger partial charge in [-0.2, -0.15) is 0 Å². The van der Waals surface area contributed by atoms with Gasteiger partial charge in [0, 0.05) is 6.42 Å². The fourth-order valence-electron chi connectivity index (χ4n) is 1.37. The van der Waals surface area contributed by atoms with E-state index in [9.17, 15) is 8.78 Å². The summed E-state index contributed by atoms with van der Waals surface area (Å²) in [6.45, 7) is 1.95. The van der Waals surface area contributed by atoms with Gasteiger partial charge in [-0.1, -0.05) is 29.8 Å². The van der Waals surface area contributed by atoms with Crippen LogP contribution in [0.1, 0.15) is 23.5 Å². The molecule has 0 N–H and O–H groups in total. The monoisotopic (exact) mass is 168 g/mol. The van der Waals surface area contributed by atoms with Crippen molar-refractivity contribution in [1.82, 2.24) is 0 Å². The summed E-state index contributed by atoms with van der Waals surface area (Å²) in [5.74, 6) is -2.95. The lowest BCUT2D eigenvalue weighted by Crippen LogP contribution is -1.92. The number of rotatable bonds is 1. The molecule has 0 radical (unpaired) electrons. The fourth-order valence-corrected chi connectivity index (χ4v) is 1.37. The number of benzene rings is 1. The first-order valence-corrected chi connectivity index (χ1v) is 4.04. The number of hydrogen-bond acceptors (Lipinski definition) is 0. The zero-order valence-electron chi connectivity index (χ0n) is 6.85. The molecule has 2 rings (SSSR count). The molecule has 1 aromatic carbocycles. The van der Waals surface area contributed by atoms with Crippen molar-refractivity contribution in [2.75, 3.05) is 0 Å². The second-order valence-corrected chi connectivity index (χ2v) is 3.43. The summed E-state index contributed by atoms with van der Waals surface area (Å²) in [7, 11) is 0. The van der Waals surface area contributed by atoms with Crippen molar-refractivity contribution in [1.29, 1.82) is 0 Å². The topological polar surface area (TPSA) is 0 Å². The van der Waals surface area contributed by atoms with E-state index in [0.717, 1.165) is 11.1 Å². The van der Waals surface area contributed by atoms with Gasteiger partial charge >= 0.3 is 0 Å². The van der Waals surface area contributed by atoms with Gasteiger partial charge in [0.15, 0.2) is 0 Å². The summed E-state index contributed by atoms with van der Waals surface area (Å²) in [5, 5.41) is 0. The normalized spacial score (nSPS) is 25.4. The molecule has 1 aliphatic rings. The van der Waals surface area contributed by atoms with Crippen LogP contribution in [-0.2, 0) is 0 Å². The Bertz CT molecular complexity index is 287. The van der Waals surface area contributed by atoms with Gasteiger partial charge in [0.05, 0.1) is 5.92 Å². The Morgan fingerprint density at radius 3 is 2.17 bits per heavy atom. The third-order valence-electron chi connectivity index (χ3n) is 2.31. The van der Waals surface area contributed by atoms with E-state index >= 15 is 0 Å². The number of aryl methyl sites for hydroxylation is 1. The van der Waals surface area contributed by atoms with E-state index in [4.69, 9.17) is 0 Å². The van der Waals surface area contributed by atoms with E-state index in [-0.39, 0.29) is 6.42 Å². The van der Waals surface area contributed by atoms with Crippen LogP contribution in [0.25, 0.3) is 0 Å². The molecule has 1 aromatic rings. The van der Waals surface area contributed by atoms with Crippen molar-refractivity contribution in [2.45, 2.75) is 25.2 Å². The third kappa shape index (κ3) is 1.22. The Morgan fingerprint density at radius 1 is 1.25 bits per heavy atom. The molecule has 0 bridgehead atoms. The molecule has 0 nitrogen and oxygen atoms in total. The van der Waals surface area contributed by atoms with Crippen LogP contribution in [0.5, 0.6) is 0 Å². The Labute approximate surface area is 70.2 Å². The summed E-state index contributed by atoms with van der Waals surface area (Å²) in [6, 6.07) is 7.34. The molecule has 0 unspecified atom stereocenters. The predicted molar refractivity (Wildman–Crippen MR) is 43.5 cm³/mol. The molecule has 0 aromatic heterocycles. The maximum atomic E-state index is 12.6. The fraction of sp³-hybridized carbons (Fsp3) is 0.400. The van der Waals surface area contributed by atoms with Gasteiger partial charge in [0.25, 0.3) is 5.92 Å². The number of hydrogen-bond donors (Lipinski definition) is 0. The van der Waals surface area contributed by atoms with E-state index in [1.54, 1.807) is 12.1 Å². The van der Waals surface area contributed by atoms with Crippen LogP contribution in [0.15, 0.2) is 24.3 Å². The molecular formula is C10H10F2. The van der Waals surface area contributed by atoms with Crippen molar-refractivity contribution >= 4 is 0 Å². The molecule has 12 heavy (non-hydrogen) atoms. The molecule has 1 atom stereocenters. The minimum atomic E-state index is -2.44. The van der Waals surface area contributed by atoms with Crippen molar-refractivity contribution in [3.05, 3.63) is 35.4 Å². The van der Waals surface area contributed by atoms with Crippen molar-refractivity contribution in [2.24, 2.45) is 0 Å². The lowest BCUT2D eigenvalue weighted by Gasteiger charge is -1.98. The second-order valence-electron chi connectivity index (χ2n) is 3.43. The van der Waals surface area contributed by atoms with Gasteiger partial charge < -0.3 is 0 Å². The minimum absolute atomic E-state index is 0.0239. The van der Waals surface area contributed by atoms with Gasteiger partial charge in [-0.05, 0) is 12.5 Å². The molecule has 0 heterocycles. The first-order chi connectivity index (χ1) is 5.59. The molecule has 64 valence electrons. The van der Waals surface area contributed by atoms with E-state index in [1.807, 2.05) is 19.1 Å². The highest BCUT2D eigenvalue weighted by Crippen LogP contribution is 2.55. The summed E-state index contributed by atoms with van der Waals surface area (Å²) in [4.78, 5) is 0. The SMILES string of the molecule is Cc1ccc([C@H]2CC2(F)F)cc1. The maximum Gasteiger partial charge on any atom is 0.255 e. The van der Waals surface area contributed by atoms with Crippen LogP contribution in [0.4, 0.5) is 8.78 Å². The molecule has 0 amide bonds. The zero-order valence-corrected chi connectivity index (χ0v) is 6.85. The summed E-state index contributed by atoms with van der Waals surface area (Å²) in [6.07, 6.45) is 0.0239. The lowest BCUT2D eigenvalue weighted by molar-refractivity contribution is 0.112. The molecule has 0 aliphatic heterocycles. The zero-order chi connectivity index (χ0) is 8.77. The van der Waals surface area contributed by atoms with E-state index in [0.29, 0.717) is 0 Å². The lowest BCUT2D eigenvalue weighted by atomic mass is 10.1. The highest BCUT2D eigenvalue weighted by atomic mass is 19.3. The van der Waals surface area contributed by atoms with Crippen LogP contribution in [-0.4, -0.2) is 5.92 Å². The number of alkyl halides is 2. The molecule has 0 saturated heterocycles. The van der Waals surface area contributed by atoms with Crippen molar-refractivity contribution in [3.63, 3.8) is 0 Å². The van der Waals surface area contributed by atoms with Crippen LogP contribution in [0, 0.1) is 6.92 Å². The van der Waals surface area contributed by atoms with Gasteiger partial charge in [0.2, 0.25) is 0 Å². The average molecular weight is 168 g/mol. The highest BCUT2D eigenvalue weighted by molar-refractivity contribution is 5.31. The van der Waals surface area contributed by atoms with Crippen LogP contribution in [0.2, 0.25) is 0 Å². The standard InChI is InChI=1S/C10H10F2/c1-7-2-4-8(5-3-7)9-6-10(9,11)12/h2-5,9H,6H2,1H3/t9-/m1/s1. The van der Waals surface area contributed by atoms with Gasteiger partial charge in [-0.3, -0.25) is 0 Å². The molecular weight excluding hydrogens is 158 g/mol. The van der Waals surface area contributed by atoms with Crippen LogP contribution in [0.3, 0.4) is 0 Å². The minimum Gasteiger partial charge on any atom is -0.206 e. The van der Waals surface area contributed by atoms with Crippen LogP contribution >= 0.6 is 0 Å². The molecule has 0 spiro atoms. The van der Waals surface area contributed by atoms with Gasteiger partial charge in [0.1, 0.15) is 0 Å². The van der Waals surface area contributed by atoms with E-state index in [2.05, 4.69) is 0 Å². The Morgan fingerprint density at radius 2 is 1.75 bits per heavy atom. The molecule has 1 saturated carbocycles. The van der Waals surface area contributed by atoms with Crippen molar-refractivity contribution in [3.8, 4) is 0 Å². The molecule has 1 aliphatic carbocycles. The smallest absolute Gasteiger partial charge is 0.206 e. The molecule has 2 heteroatoms. The Balaban J connectivity index is 2.21. The van der Waals surface area contributed by atoms with Crippen LogP contribution < -0.4 is 0 Å². The largest absolute Gasteiger partial charge is 0.255 e. The number of halogens is 2. The molecule has 1 fully saturated rings. The summed E-state index contributed by atoms with van der Waals surface area (Å²) < 4.78 is 25.2. The van der Waals surface area contributed by atoms with E-state index in [1.165, 1.54) is 0 Å². The first-order valence-electron chi connectivity index (χ1n) is 4.04. The first kappa shape index (κ1) is 7.71.